The Hall–Kier alpha value is -0.335. The van der Waals surface area contributed by atoms with E-state index in [0.29, 0.717) is 6.04 Å². The summed E-state index contributed by atoms with van der Waals surface area (Å²) in [4.78, 5) is 0. The van der Waals surface area contributed by atoms with Gasteiger partial charge in [-0.1, -0.05) is 6.82 Å². The Kier molecular flexibility index (Phi) is 3.66. The molecule has 0 aromatic rings. The summed E-state index contributed by atoms with van der Waals surface area (Å²) in [6.45, 7) is 6.00. The van der Waals surface area contributed by atoms with Crippen molar-refractivity contribution in [1.82, 2.24) is 0 Å². The Labute approximate surface area is 45.3 Å². The van der Waals surface area contributed by atoms with Crippen LogP contribution in [0.2, 0.25) is 6.82 Å². The average Bonchev–Trinajstić information content (AvgIpc) is 1.61. The molecule has 7 heavy (non-hydrogen) atoms. The monoisotopic (exact) mass is 98.1 g/mol. The van der Waals surface area contributed by atoms with Gasteiger partial charge in [-0.25, -0.2) is 5.11 Å². The topological polar surface area (TPSA) is 24.7 Å². The Morgan fingerprint density at radius 2 is 2.00 bits per heavy atom. The van der Waals surface area contributed by atoms with Gasteiger partial charge in [0.2, 0.25) is 0 Å². The lowest BCUT2D eigenvalue weighted by Crippen LogP contribution is -1.85. The van der Waals surface area contributed by atoms with E-state index in [1.54, 1.807) is 0 Å². The van der Waals surface area contributed by atoms with Gasteiger partial charge in [0.25, 0.3) is 7.41 Å². The van der Waals surface area contributed by atoms with Gasteiger partial charge in [0.05, 0.1) is 6.04 Å². The van der Waals surface area contributed by atoms with Crippen molar-refractivity contribution in [2.45, 2.75) is 26.7 Å². The molecule has 0 unspecified atom stereocenters. The molecular formula is C4H11BN2. The van der Waals surface area contributed by atoms with Gasteiger partial charge in [0, 0.05) is 0 Å². The van der Waals surface area contributed by atoms with Crippen LogP contribution >= 0.6 is 0 Å². The lowest BCUT2D eigenvalue weighted by Gasteiger charge is -1.88. The molecule has 0 N–H and O–H groups in total. The van der Waals surface area contributed by atoms with Crippen molar-refractivity contribution in [3.05, 3.63) is 0 Å². The minimum Gasteiger partial charge on any atom is -0.264 e. The summed E-state index contributed by atoms with van der Waals surface area (Å²) in [5.74, 6) is 0. The van der Waals surface area contributed by atoms with E-state index in [9.17, 15) is 0 Å². The number of rotatable bonds is 2. The van der Waals surface area contributed by atoms with Gasteiger partial charge in [-0.15, -0.1) is 0 Å². The SMILES string of the molecule is CB/N=N/C(C)C. The first-order valence-electron chi connectivity index (χ1n) is 2.64. The molecule has 3 heteroatoms. The smallest absolute Gasteiger partial charge is 0.264 e. The third-order valence-corrected chi connectivity index (χ3v) is 0.454. The quantitative estimate of drug-likeness (QED) is 0.366. The molecule has 0 aliphatic rings. The van der Waals surface area contributed by atoms with Crippen LogP contribution in [0, 0.1) is 0 Å². The highest BCUT2D eigenvalue weighted by atomic mass is 15.1. The van der Waals surface area contributed by atoms with Gasteiger partial charge in [-0.05, 0) is 13.8 Å². The number of hydrogen-bond acceptors (Lipinski definition) is 2. The molecule has 0 bridgehead atoms. The zero-order chi connectivity index (χ0) is 5.70. The second-order valence-electron chi connectivity index (χ2n) is 1.67. The Balaban J connectivity index is 3.08. The lowest BCUT2D eigenvalue weighted by molar-refractivity contribution is 0.789. The third kappa shape index (κ3) is 5.66. The molecule has 0 amide bonds. The van der Waals surface area contributed by atoms with Crippen LogP contribution in [-0.4, -0.2) is 13.5 Å². The summed E-state index contributed by atoms with van der Waals surface area (Å²) in [6, 6.07) is 0.361. The van der Waals surface area contributed by atoms with E-state index in [1.165, 1.54) is 0 Å². The molecule has 0 fully saturated rings. The maximum atomic E-state index is 3.87. The van der Waals surface area contributed by atoms with E-state index in [1.807, 2.05) is 20.7 Å². The van der Waals surface area contributed by atoms with Crippen LogP contribution < -0.4 is 0 Å². The van der Waals surface area contributed by atoms with E-state index in [4.69, 9.17) is 0 Å². The maximum absolute atomic E-state index is 3.87. The van der Waals surface area contributed by atoms with Crippen molar-refractivity contribution in [1.29, 1.82) is 0 Å². The molecule has 0 aliphatic heterocycles. The van der Waals surface area contributed by atoms with Crippen LogP contribution in [0.4, 0.5) is 0 Å². The number of hydrogen-bond donors (Lipinski definition) is 0. The fourth-order valence-electron chi connectivity index (χ4n) is 0.245. The molecule has 0 atom stereocenters. The molecule has 0 heterocycles. The van der Waals surface area contributed by atoms with Crippen LogP contribution in [-0.2, 0) is 0 Å². The van der Waals surface area contributed by atoms with Crippen molar-refractivity contribution < 1.29 is 0 Å². The molecule has 0 spiro atoms. The lowest BCUT2D eigenvalue weighted by atomic mass is 10.0. The summed E-state index contributed by atoms with van der Waals surface area (Å²) in [6.07, 6.45) is 0. The fourth-order valence-corrected chi connectivity index (χ4v) is 0.245. The first-order valence-corrected chi connectivity index (χ1v) is 2.64. The summed E-state index contributed by atoms with van der Waals surface area (Å²) in [7, 11) is 0.804. The van der Waals surface area contributed by atoms with Crippen molar-refractivity contribution >= 4 is 7.41 Å². The van der Waals surface area contributed by atoms with Crippen LogP contribution in [0.3, 0.4) is 0 Å². The predicted octanol–water partition coefficient (Wildman–Crippen LogP) is 1.25. The predicted molar refractivity (Wildman–Crippen MR) is 33.0 cm³/mol. The zero-order valence-corrected chi connectivity index (χ0v) is 5.18. The molecule has 0 saturated heterocycles. The minimum absolute atomic E-state index is 0.361. The number of nitrogens with zero attached hydrogens (tertiary/aromatic N) is 2. The molecule has 0 aromatic heterocycles. The van der Waals surface area contributed by atoms with Crippen LogP contribution in [0.15, 0.2) is 10.1 Å². The van der Waals surface area contributed by atoms with E-state index < -0.39 is 0 Å². The first kappa shape index (κ1) is 6.66. The Morgan fingerprint density at radius 3 is 2.14 bits per heavy atom. The minimum atomic E-state index is 0.361. The summed E-state index contributed by atoms with van der Waals surface area (Å²) < 4.78 is 0. The van der Waals surface area contributed by atoms with Gasteiger partial charge in [-0.2, -0.15) is 0 Å². The maximum Gasteiger partial charge on any atom is 0.287 e. The average molecular weight is 98.0 g/mol. The van der Waals surface area contributed by atoms with E-state index in [0.717, 1.165) is 7.41 Å². The highest BCUT2D eigenvalue weighted by Gasteiger charge is 1.81. The van der Waals surface area contributed by atoms with Gasteiger partial charge in [0.1, 0.15) is 0 Å². The Morgan fingerprint density at radius 1 is 1.43 bits per heavy atom. The first-order chi connectivity index (χ1) is 3.27. The largest absolute Gasteiger partial charge is 0.287 e. The van der Waals surface area contributed by atoms with Crippen molar-refractivity contribution in [3.63, 3.8) is 0 Å². The van der Waals surface area contributed by atoms with E-state index in [2.05, 4.69) is 10.1 Å². The van der Waals surface area contributed by atoms with Gasteiger partial charge < -0.3 is 0 Å². The molecule has 0 radical (unpaired) electrons. The second-order valence-corrected chi connectivity index (χ2v) is 1.67. The van der Waals surface area contributed by atoms with Gasteiger partial charge in [0.15, 0.2) is 0 Å². The zero-order valence-electron chi connectivity index (χ0n) is 5.18. The van der Waals surface area contributed by atoms with E-state index >= 15 is 0 Å². The van der Waals surface area contributed by atoms with Gasteiger partial charge >= 0.3 is 0 Å². The summed E-state index contributed by atoms with van der Waals surface area (Å²) in [5, 5.41) is 7.66. The van der Waals surface area contributed by atoms with Crippen molar-refractivity contribution in [3.8, 4) is 0 Å². The molecule has 0 saturated carbocycles. The molecule has 0 aliphatic carbocycles. The molecule has 40 valence electrons. The third-order valence-electron chi connectivity index (χ3n) is 0.454. The standard InChI is InChI=1S/C4H11BN2/c1-4(2)6-7-5-3/h4-5H,1-3H3/b7-6+. The van der Waals surface area contributed by atoms with Crippen molar-refractivity contribution in [2.24, 2.45) is 10.1 Å². The molecule has 0 aromatic carbocycles. The van der Waals surface area contributed by atoms with Crippen molar-refractivity contribution in [2.75, 3.05) is 0 Å². The highest BCUT2D eigenvalue weighted by molar-refractivity contribution is 6.30. The second kappa shape index (κ2) is 3.84. The highest BCUT2D eigenvalue weighted by Crippen LogP contribution is 1.84. The molecule has 0 rings (SSSR count). The summed E-state index contributed by atoms with van der Waals surface area (Å²) >= 11 is 0. The molecular weight excluding hydrogens is 86.9 g/mol. The van der Waals surface area contributed by atoms with Crippen LogP contribution in [0.5, 0.6) is 0 Å². The fraction of sp³-hybridized carbons (Fsp3) is 1.00. The van der Waals surface area contributed by atoms with Crippen LogP contribution in [0.1, 0.15) is 13.8 Å². The van der Waals surface area contributed by atoms with E-state index in [-0.39, 0.29) is 0 Å². The Bertz CT molecular complexity index is 60.7. The summed E-state index contributed by atoms with van der Waals surface area (Å²) in [5.41, 5.74) is 0. The van der Waals surface area contributed by atoms with Gasteiger partial charge in [-0.3, -0.25) is 5.03 Å². The normalized spacial score (nSPS) is 10.9. The molecule has 2 nitrogen and oxygen atoms in total. The van der Waals surface area contributed by atoms with Crippen LogP contribution in [0.25, 0.3) is 0 Å².